The summed E-state index contributed by atoms with van der Waals surface area (Å²) in [6.07, 6.45) is 1.21. The normalized spacial score (nSPS) is 19.8. The van der Waals surface area contributed by atoms with Gasteiger partial charge in [-0.25, -0.2) is 0 Å². The molecular formula is C23H29N3O2. The Morgan fingerprint density at radius 1 is 0.964 bits per heavy atom. The van der Waals surface area contributed by atoms with Gasteiger partial charge in [-0.3, -0.25) is 14.5 Å². The summed E-state index contributed by atoms with van der Waals surface area (Å²) >= 11 is 0. The van der Waals surface area contributed by atoms with Crippen LogP contribution in [0, 0.1) is 11.8 Å². The largest absolute Gasteiger partial charge is 0.348 e. The SMILES string of the molecule is C[C@H]1C[C@H](C)CN(CC(=O)Nc2ccccc2C(=O)NCc2ccccc2)C1. The minimum Gasteiger partial charge on any atom is -0.348 e. The number of anilines is 1. The van der Waals surface area contributed by atoms with Crippen molar-refractivity contribution in [3.05, 3.63) is 65.7 Å². The van der Waals surface area contributed by atoms with Gasteiger partial charge in [0.25, 0.3) is 5.91 Å². The second-order valence-electron chi connectivity index (χ2n) is 7.90. The van der Waals surface area contributed by atoms with Crippen LogP contribution < -0.4 is 10.6 Å². The fourth-order valence-corrected chi connectivity index (χ4v) is 3.98. The van der Waals surface area contributed by atoms with E-state index in [1.807, 2.05) is 36.4 Å². The number of nitrogens with one attached hydrogen (secondary N) is 2. The van der Waals surface area contributed by atoms with Crippen LogP contribution in [0.15, 0.2) is 54.6 Å². The van der Waals surface area contributed by atoms with E-state index in [0.29, 0.717) is 36.2 Å². The zero-order valence-corrected chi connectivity index (χ0v) is 16.7. The van der Waals surface area contributed by atoms with Crippen LogP contribution in [0.4, 0.5) is 5.69 Å². The summed E-state index contributed by atoms with van der Waals surface area (Å²) in [6, 6.07) is 16.9. The molecule has 1 saturated heterocycles. The van der Waals surface area contributed by atoms with Crippen molar-refractivity contribution in [2.24, 2.45) is 11.8 Å². The molecule has 0 aliphatic carbocycles. The Morgan fingerprint density at radius 3 is 2.32 bits per heavy atom. The van der Waals surface area contributed by atoms with E-state index in [1.54, 1.807) is 18.2 Å². The lowest BCUT2D eigenvalue weighted by atomic mass is 9.92. The number of carbonyl (C=O) groups is 2. The van der Waals surface area contributed by atoms with Crippen molar-refractivity contribution >= 4 is 17.5 Å². The maximum absolute atomic E-state index is 12.6. The first-order valence-electron chi connectivity index (χ1n) is 9.94. The van der Waals surface area contributed by atoms with Gasteiger partial charge in [-0.05, 0) is 36.0 Å². The molecule has 0 bridgehead atoms. The predicted molar refractivity (Wildman–Crippen MR) is 112 cm³/mol. The molecule has 2 atom stereocenters. The first-order valence-corrected chi connectivity index (χ1v) is 9.94. The van der Waals surface area contributed by atoms with E-state index in [0.717, 1.165) is 18.7 Å². The summed E-state index contributed by atoms with van der Waals surface area (Å²) < 4.78 is 0. The summed E-state index contributed by atoms with van der Waals surface area (Å²) in [7, 11) is 0. The van der Waals surface area contributed by atoms with E-state index in [2.05, 4.69) is 29.4 Å². The second-order valence-corrected chi connectivity index (χ2v) is 7.90. The summed E-state index contributed by atoms with van der Waals surface area (Å²) in [6.45, 7) is 7.15. The number of hydrogen-bond acceptors (Lipinski definition) is 3. The highest BCUT2D eigenvalue weighted by molar-refractivity contribution is 6.04. The molecule has 28 heavy (non-hydrogen) atoms. The van der Waals surface area contributed by atoms with Crippen molar-refractivity contribution in [1.29, 1.82) is 0 Å². The number of nitrogens with zero attached hydrogens (tertiary/aromatic N) is 1. The Bertz CT molecular complexity index is 797. The van der Waals surface area contributed by atoms with Gasteiger partial charge in [0.05, 0.1) is 17.8 Å². The van der Waals surface area contributed by atoms with Crippen LogP contribution >= 0.6 is 0 Å². The van der Waals surface area contributed by atoms with Gasteiger partial charge in [0.1, 0.15) is 0 Å². The zero-order valence-electron chi connectivity index (χ0n) is 16.7. The molecule has 1 fully saturated rings. The van der Waals surface area contributed by atoms with Crippen molar-refractivity contribution in [3.8, 4) is 0 Å². The van der Waals surface area contributed by atoms with Gasteiger partial charge in [0.2, 0.25) is 5.91 Å². The highest BCUT2D eigenvalue weighted by atomic mass is 16.2. The minimum absolute atomic E-state index is 0.0791. The molecule has 0 aromatic heterocycles. The molecule has 0 radical (unpaired) electrons. The molecule has 5 nitrogen and oxygen atoms in total. The molecule has 2 amide bonds. The molecule has 2 N–H and O–H groups in total. The predicted octanol–water partition coefficient (Wildman–Crippen LogP) is 3.53. The number of carbonyl (C=O) groups excluding carboxylic acids is 2. The van der Waals surface area contributed by atoms with Crippen molar-refractivity contribution in [2.45, 2.75) is 26.8 Å². The van der Waals surface area contributed by atoms with Crippen molar-refractivity contribution in [3.63, 3.8) is 0 Å². The molecule has 3 rings (SSSR count). The van der Waals surface area contributed by atoms with Crippen LogP contribution in [0.3, 0.4) is 0 Å². The Labute approximate surface area is 167 Å². The number of piperidine rings is 1. The average molecular weight is 380 g/mol. The Balaban J connectivity index is 1.60. The van der Waals surface area contributed by atoms with E-state index < -0.39 is 0 Å². The Morgan fingerprint density at radius 2 is 1.61 bits per heavy atom. The molecule has 1 heterocycles. The monoisotopic (exact) mass is 379 g/mol. The quantitative estimate of drug-likeness (QED) is 0.807. The van der Waals surface area contributed by atoms with Crippen molar-refractivity contribution in [2.75, 3.05) is 25.0 Å². The fraction of sp³-hybridized carbons (Fsp3) is 0.391. The summed E-state index contributed by atoms with van der Waals surface area (Å²) in [5.41, 5.74) is 2.06. The van der Waals surface area contributed by atoms with Crippen LogP contribution in [-0.2, 0) is 11.3 Å². The molecule has 0 spiro atoms. The molecular weight excluding hydrogens is 350 g/mol. The molecule has 0 unspecified atom stereocenters. The van der Waals surface area contributed by atoms with Gasteiger partial charge >= 0.3 is 0 Å². The first kappa shape index (κ1) is 20.1. The smallest absolute Gasteiger partial charge is 0.253 e. The highest BCUT2D eigenvalue weighted by Crippen LogP contribution is 2.21. The van der Waals surface area contributed by atoms with E-state index in [-0.39, 0.29) is 11.8 Å². The number of amides is 2. The topological polar surface area (TPSA) is 61.4 Å². The van der Waals surface area contributed by atoms with E-state index in [4.69, 9.17) is 0 Å². The average Bonchev–Trinajstić information content (AvgIpc) is 2.66. The highest BCUT2D eigenvalue weighted by Gasteiger charge is 2.23. The van der Waals surface area contributed by atoms with Gasteiger partial charge in [-0.1, -0.05) is 56.3 Å². The minimum atomic E-state index is -0.194. The molecule has 5 heteroatoms. The van der Waals surface area contributed by atoms with Crippen molar-refractivity contribution < 1.29 is 9.59 Å². The third kappa shape index (κ3) is 5.67. The second kappa shape index (κ2) is 9.51. The third-order valence-electron chi connectivity index (χ3n) is 5.05. The van der Waals surface area contributed by atoms with Crippen LogP contribution in [0.1, 0.15) is 36.2 Å². The lowest BCUT2D eigenvalue weighted by molar-refractivity contribution is -0.117. The van der Waals surface area contributed by atoms with Crippen LogP contribution in [0.5, 0.6) is 0 Å². The Hall–Kier alpha value is -2.66. The zero-order chi connectivity index (χ0) is 19.9. The molecule has 2 aromatic carbocycles. The third-order valence-corrected chi connectivity index (χ3v) is 5.05. The number of benzene rings is 2. The number of rotatable bonds is 6. The fourth-order valence-electron chi connectivity index (χ4n) is 3.98. The van der Waals surface area contributed by atoms with E-state index in [1.165, 1.54) is 6.42 Å². The molecule has 1 aliphatic heterocycles. The van der Waals surface area contributed by atoms with Gasteiger partial charge in [-0.2, -0.15) is 0 Å². The van der Waals surface area contributed by atoms with Gasteiger partial charge in [0, 0.05) is 19.6 Å². The molecule has 148 valence electrons. The first-order chi connectivity index (χ1) is 13.5. The Kier molecular flexibility index (Phi) is 6.82. The maximum atomic E-state index is 12.6. The van der Waals surface area contributed by atoms with Crippen LogP contribution in [-0.4, -0.2) is 36.3 Å². The van der Waals surface area contributed by atoms with Crippen LogP contribution in [0.2, 0.25) is 0 Å². The number of para-hydroxylation sites is 1. The van der Waals surface area contributed by atoms with Gasteiger partial charge in [-0.15, -0.1) is 0 Å². The molecule has 2 aromatic rings. The number of hydrogen-bond donors (Lipinski definition) is 2. The lowest BCUT2D eigenvalue weighted by Gasteiger charge is -2.34. The summed E-state index contributed by atoms with van der Waals surface area (Å²) in [5, 5.41) is 5.85. The van der Waals surface area contributed by atoms with E-state index >= 15 is 0 Å². The summed E-state index contributed by atoms with van der Waals surface area (Å²) in [4.78, 5) is 27.4. The van der Waals surface area contributed by atoms with Crippen molar-refractivity contribution in [1.82, 2.24) is 10.2 Å². The van der Waals surface area contributed by atoms with Crippen LogP contribution in [0.25, 0.3) is 0 Å². The lowest BCUT2D eigenvalue weighted by Crippen LogP contribution is -2.43. The van der Waals surface area contributed by atoms with Gasteiger partial charge in [0.15, 0.2) is 0 Å². The molecule has 0 saturated carbocycles. The molecule has 1 aliphatic rings. The maximum Gasteiger partial charge on any atom is 0.253 e. The van der Waals surface area contributed by atoms with Gasteiger partial charge < -0.3 is 10.6 Å². The standard InChI is InChI=1S/C23H29N3O2/c1-17-12-18(2)15-26(14-17)16-22(27)25-21-11-7-6-10-20(21)23(28)24-13-19-8-4-3-5-9-19/h3-11,17-18H,12-16H2,1-2H3,(H,24,28)(H,25,27)/t17-,18-/m0/s1. The summed E-state index contributed by atoms with van der Waals surface area (Å²) in [5.74, 6) is 0.935. The number of likely N-dealkylation sites (tertiary alicyclic amines) is 1. The van der Waals surface area contributed by atoms with E-state index in [9.17, 15) is 9.59 Å².